The molecule has 5 rings (SSSR count). The second kappa shape index (κ2) is 11.8. The maximum atomic E-state index is 11.6. The van der Waals surface area contributed by atoms with Gasteiger partial charge in [-0.3, -0.25) is 9.69 Å². The van der Waals surface area contributed by atoms with Crippen molar-refractivity contribution in [2.24, 2.45) is 0 Å². The Balaban J connectivity index is 1.34. The lowest BCUT2D eigenvalue weighted by Crippen LogP contribution is -2.45. The van der Waals surface area contributed by atoms with Crippen LogP contribution in [0.15, 0.2) is 48.5 Å². The third kappa shape index (κ3) is 6.33. The molecule has 194 valence electrons. The molecule has 36 heavy (non-hydrogen) atoms. The number of nitrogens with zero attached hydrogens (tertiary/aromatic N) is 2. The van der Waals surface area contributed by atoms with Crippen LogP contribution in [-0.2, 0) is 20.9 Å². The number of benzene rings is 2. The van der Waals surface area contributed by atoms with Gasteiger partial charge in [-0.05, 0) is 68.6 Å². The van der Waals surface area contributed by atoms with Crippen LogP contribution in [0.2, 0.25) is 0 Å². The topological polar surface area (TPSA) is 74.3 Å². The average Bonchev–Trinajstić information content (AvgIpc) is 3.56. The fraction of sp³-hybridized carbons (Fsp3) is 0.552. The highest BCUT2D eigenvalue weighted by Gasteiger charge is 2.36. The number of amides is 1. The second-order valence-corrected chi connectivity index (χ2v) is 10.5. The van der Waals surface area contributed by atoms with Crippen LogP contribution in [0.1, 0.15) is 68.1 Å². The number of hydrogen-bond donors (Lipinski definition) is 2. The molecule has 3 fully saturated rings. The highest BCUT2D eigenvalue weighted by Crippen LogP contribution is 2.39. The molecule has 3 aliphatic heterocycles. The maximum Gasteiger partial charge on any atom is 0.221 e. The standard InChI is InChI=1S/C29H39N3O4/c1-21(34)30-25-7-4-6-24(16-25)29-35-27(17-28(36-29)23-11-9-22(20-33)10-12-23)19-32-15-5-8-26(32)18-31-13-2-3-14-31/h4,6-7,9-12,16,26-29,33H,2-3,5,8,13-15,17-20H2,1H3,(H,30,34)/t26-,27-,28+,29+/m0/s1. The minimum Gasteiger partial charge on any atom is -0.392 e. The Hall–Kier alpha value is -2.29. The van der Waals surface area contributed by atoms with Gasteiger partial charge in [0.05, 0.1) is 18.8 Å². The fourth-order valence-electron chi connectivity index (χ4n) is 5.87. The molecule has 2 aromatic rings. The highest BCUT2D eigenvalue weighted by atomic mass is 16.7. The predicted molar refractivity (Wildman–Crippen MR) is 139 cm³/mol. The van der Waals surface area contributed by atoms with E-state index in [2.05, 4.69) is 27.2 Å². The number of carbonyl (C=O) groups is 1. The molecule has 0 radical (unpaired) electrons. The number of carbonyl (C=O) groups excluding carboxylic acids is 1. The largest absolute Gasteiger partial charge is 0.392 e. The van der Waals surface area contributed by atoms with Crippen LogP contribution < -0.4 is 5.32 Å². The van der Waals surface area contributed by atoms with Crippen LogP contribution in [-0.4, -0.2) is 65.7 Å². The van der Waals surface area contributed by atoms with Crippen molar-refractivity contribution in [2.45, 2.75) is 70.2 Å². The SMILES string of the molecule is CC(=O)Nc1cccc([C@@H]2O[C@H](CN3CCC[C@H]3CN3CCCC3)C[C@H](c3ccc(CO)cc3)O2)c1. The summed E-state index contributed by atoms with van der Waals surface area (Å²) in [6.07, 6.45) is 5.36. The van der Waals surface area contributed by atoms with Crippen LogP contribution in [0.5, 0.6) is 0 Å². The minimum atomic E-state index is -0.514. The van der Waals surface area contributed by atoms with E-state index < -0.39 is 6.29 Å². The molecule has 0 spiro atoms. The van der Waals surface area contributed by atoms with Crippen LogP contribution >= 0.6 is 0 Å². The normalized spacial score (nSPS) is 27.4. The molecule has 3 aliphatic rings. The Bertz CT molecular complexity index is 1010. The van der Waals surface area contributed by atoms with E-state index in [-0.39, 0.29) is 24.7 Å². The van der Waals surface area contributed by atoms with Gasteiger partial charge in [-0.15, -0.1) is 0 Å². The van der Waals surface area contributed by atoms with Gasteiger partial charge in [-0.1, -0.05) is 36.4 Å². The second-order valence-electron chi connectivity index (χ2n) is 10.5. The van der Waals surface area contributed by atoms with Crippen LogP contribution in [0, 0.1) is 0 Å². The van der Waals surface area contributed by atoms with Gasteiger partial charge in [-0.25, -0.2) is 0 Å². The molecule has 3 saturated heterocycles. The molecule has 2 aromatic carbocycles. The molecule has 0 bridgehead atoms. The Morgan fingerprint density at radius 3 is 2.56 bits per heavy atom. The quantitative estimate of drug-likeness (QED) is 0.573. The molecular weight excluding hydrogens is 454 g/mol. The number of nitrogens with one attached hydrogen (secondary N) is 1. The van der Waals surface area contributed by atoms with E-state index >= 15 is 0 Å². The third-order valence-electron chi connectivity index (χ3n) is 7.70. The van der Waals surface area contributed by atoms with E-state index in [9.17, 15) is 9.90 Å². The lowest BCUT2D eigenvalue weighted by Gasteiger charge is -2.39. The van der Waals surface area contributed by atoms with Gasteiger partial charge in [0.2, 0.25) is 5.91 Å². The van der Waals surface area contributed by atoms with Crippen molar-refractivity contribution in [3.63, 3.8) is 0 Å². The first-order valence-corrected chi connectivity index (χ1v) is 13.4. The zero-order valence-electron chi connectivity index (χ0n) is 21.3. The first kappa shape index (κ1) is 25.4. The predicted octanol–water partition coefficient (Wildman–Crippen LogP) is 4.24. The van der Waals surface area contributed by atoms with Gasteiger partial charge in [-0.2, -0.15) is 0 Å². The summed E-state index contributed by atoms with van der Waals surface area (Å²) in [5.41, 5.74) is 3.63. The van der Waals surface area contributed by atoms with E-state index in [1.165, 1.54) is 45.7 Å². The molecule has 1 amide bonds. The number of aliphatic hydroxyl groups is 1. The number of anilines is 1. The summed E-state index contributed by atoms with van der Waals surface area (Å²) in [6, 6.07) is 16.4. The number of ether oxygens (including phenoxy) is 2. The zero-order valence-corrected chi connectivity index (χ0v) is 21.3. The fourth-order valence-corrected chi connectivity index (χ4v) is 5.87. The van der Waals surface area contributed by atoms with Crippen LogP contribution in [0.25, 0.3) is 0 Å². The monoisotopic (exact) mass is 493 g/mol. The lowest BCUT2D eigenvalue weighted by molar-refractivity contribution is -0.253. The molecule has 7 heteroatoms. The van der Waals surface area contributed by atoms with Crippen LogP contribution in [0.3, 0.4) is 0 Å². The Morgan fingerprint density at radius 2 is 1.81 bits per heavy atom. The maximum absolute atomic E-state index is 11.6. The molecule has 4 atom stereocenters. The summed E-state index contributed by atoms with van der Waals surface area (Å²) < 4.78 is 13.1. The van der Waals surface area contributed by atoms with Crippen molar-refractivity contribution in [3.8, 4) is 0 Å². The van der Waals surface area contributed by atoms with E-state index in [1.54, 1.807) is 0 Å². The number of rotatable bonds is 8. The van der Waals surface area contributed by atoms with Gasteiger partial charge in [0.15, 0.2) is 6.29 Å². The Labute approximate surface area is 214 Å². The van der Waals surface area contributed by atoms with Crippen LogP contribution in [0.4, 0.5) is 5.69 Å². The van der Waals surface area contributed by atoms with Gasteiger partial charge < -0.3 is 24.8 Å². The number of likely N-dealkylation sites (tertiary alicyclic amines) is 2. The Morgan fingerprint density at radius 1 is 1.00 bits per heavy atom. The summed E-state index contributed by atoms with van der Waals surface area (Å²) in [7, 11) is 0. The lowest BCUT2D eigenvalue weighted by atomic mass is 9.99. The van der Waals surface area contributed by atoms with Crippen molar-refractivity contribution in [1.29, 1.82) is 0 Å². The molecule has 7 nitrogen and oxygen atoms in total. The van der Waals surface area contributed by atoms with Crippen molar-refractivity contribution in [3.05, 3.63) is 65.2 Å². The molecular formula is C29H39N3O4. The average molecular weight is 494 g/mol. The van der Waals surface area contributed by atoms with Crippen molar-refractivity contribution >= 4 is 11.6 Å². The smallest absolute Gasteiger partial charge is 0.221 e. The van der Waals surface area contributed by atoms with Gasteiger partial charge in [0.1, 0.15) is 0 Å². The van der Waals surface area contributed by atoms with Crippen molar-refractivity contribution in [2.75, 3.05) is 38.0 Å². The molecule has 0 aliphatic carbocycles. The summed E-state index contributed by atoms with van der Waals surface area (Å²) >= 11 is 0. The summed E-state index contributed by atoms with van der Waals surface area (Å²) in [6.45, 7) is 7.19. The van der Waals surface area contributed by atoms with Crippen molar-refractivity contribution < 1.29 is 19.4 Å². The van der Waals surface area contributed by atoms with Gasteiger partial charge in [0.25, 0.3) is 0 Å². The third-order valence-corrected chi connectivity index (χ3v) is 7.70. The van der Waals surface area contributed by atoms with E-state index in [1.807, 2.05) is 36.4 Å². The summed E-state index contributed by atoms with van der Waals surface area (Å²) in [4.78, 5) is 16.8. The van der Waals surface area contributed by atoms with Gasteiger partial charge >= 0.3 is 0 Å². The van der Waals surface area contributed by atoms with E-state index in [0.29, 0.717) is 6.04 Å². The molecule has 0 unspecified atom stereocenters. The molecule has 0 saturated carbocycles. The molecule has 2 N–H and O–H groups in total. The van der Waals surface area contributed by atoms with E-state index in [0.717, 1.165) is 48.4 Å². The van der Waals surface area contributed by atoms with Gasteiger partial charge in [0, 0.05) is 43.7 Å². The summed E-state index contributed by atoms with van der Waals surface area (Å²) in [5, 5.41) is 12.3. The number of hydrogen-bond acceptors (Lipinski definition) is 6. The minimum absolute atomic E-state index is 0.0312. The summed E-state index contributed by atoms with van der Waals surface area (Å²) in [5.74, 6) is -0.101. The zero-order chi connectivity index (χ0) is 24.9. The molecule has 3 heterocycles. The molecule has 0 aromatic heterocycles. The first-order chi connectivity index (χ1) is 17.6. The Kier molecular flexibility index (Phi) is 8.34. The highest BCUT2D eigenvalue weighted by molar-refractivity contribution is 5.88. The van der Waals surface area contributed by atoms with Crippen molar-refractivity contribution in [1.82, 2.24) is 9.80 Å². The van der Waals surface area contributed by atoms with E-state index in [4.69, 9.17) is 9.47 Å². The number of aliphatic hydroxyl groups excluding tert-OH is 1. The first-order valence-electron chi connectivity index (χ1n) is 13.4.